The third kappa shape index (κ3) is 6.57. The molecule has 1 amide bonds. The first-order valence-electron chi connectivity index (χ1n) is 10.2. The van der Waals surface area contributed by atoms with Gasteiger partial charge in [-0.1, -0.05) is 32.0 Å². The zero-order valence-corrected chi connectivity index (χ0v) is 18.6. The van der Waals surface area contributed by atoms with E-state index in [1.807, 2.05) is 24.3 Å². The molecule has 7 heteroatoms. The van der Waals surface area contributed by atoms with Gasteiger partial charge in [-0.15, -0.1) is 0 Å². The Labute approximate surface area is 182 Å². The average molecular weight is 427 g/mol. The summed E-state index contributed by atoms with van der Waals surface area (Å²) in [5.74, 6) is -0.328. The molecule has 31 heavy (non-hydrogen) atoms. The van der Waals surface area contributed by atoms with Crippen molar-refractivity contribution in [2.75, 3.05) is 19.0 Å². The number of hydrogen-bond acceptors (Lipinski definition) is 6. The van der Waals surface area contributed by atoms with Gasteiger partial charge in [0.2, 0.25) is 0 Å². The Kier molecular flexibility index (Phi) is 8.61. The molecule has 0 aliphatic carbocycles. The smallest absolute Gasteiger partial charge is 0.344 e. The highest BCUT2D eigenvalue weighted by Crippen LogP contribution is 2.28. The van der Waals surface area contributed by atoms with Gasteiger partial charge in [0.05, 0.1) is 7.11 Å². The van der Waals surface area contributed by atoms with Gasteiger partial charge in [0, 0.05) is 11.3 Å². The summed E-state index contributed by atoms with van der Waals surface area (Å²) in [5, 5.41) is 2.83. The minimum absolute atomic E-state index is 0.112. The van der Waals surface area contributed by atoms with Crippen molar-refractivity contribution >= 4 is 23.3 Å². The summed E-state index contributed by atoms with van der Waals surface area (Å²) in [7, 11) is 1.44. The van der Waals surface area contributed by atoms with Crippen molar-refractivity contribution < 1.29 is 28.6 Å². The van der Waals surface area contributed by atoms with Crippen molar-refractivity contribution in [2.24, 2.45) is 0 Å². The lowest BCUT2D eigenvalue weighted by Crippen LogP contribution is -2.32. The zero-order valence-electron chi connectivity index (χ0n) is 18.6. The van der Waals surface area contributed by atoms with Crippen LogP contribution in [0.25, 0.3) is 0 Å². The van der Waals surface area contributed by atoms with Gasteiger partial charge < -0.3 is 19.5 Å². The third-order valence-corrected chi connectivity index (χ3v) is 4.96. The summed E-state index contributed by atoms with van der Waals surface area (Å²) in [6, 6.07) is 12.2. The number of esters is 1. The number of anilines is 1. The van der Waals surface area contributed by atoms with E-state index in [0.717, 1.165) is 12.0 Å². The summed E-state index contributed by atoms with van der Waals surface area (Å²) < 4.78 is 15.8. The molecule has 166 valence electrons. The Morgan fingerprint density at radius 2 is 1.74 bits per heavy atom. The second kappa shape index (κ2) is 11.2. The molecule has 0 aliphatic heterocycles. The minimum atomic E-state index is -0.997. The number of ether oxygens (including phenoxy) is 3. The Morgan fingerprint density at radius 1 is 1.03 bits per heavy atom. The summed E-state index contributed by atoms with van der Waals surface area (Å²) in [5.41, 5.74) is 2.20. The van der Waals surface area contributed by atoms with Crippen molar-refractivity contribution in [3.8, 4) is 11.5 Å². The van der Waals surface area contributed by atoms with E-state index in [2.05, 4.69) is 19.2 Å². The maximum atomic E-state index is 12.5. The molecule has 7 nitrogen and oxygen atoms in total. The maximum Gasteiger partial charge on any atom is 0.344 e. The molecule has 0 radical (unpaired) electrons. The highest BCUT2D eigenvalue weighted by atomic mass is 16.6. The van der Waals surface area contributed by atoms with E-state index in [-0.39, 0.29) is 11.7 Å². The number of benzene rings is 2. The number of rotatable bonds is 10. The highest BCUT2D eigenvalue weighted by Gasteiger charge is 2.20. The van der Waals surface area contributed by atoms with Crippen LogP contribution in [0.2, 0.25) is 0 Å². The van der Waals surface area contributed by atoms with Crippen molar-refractivity contribution in [3.05, 3.63) is 53.6 Å². The SMILES string of the molecule is CC[C@H](C)c1ccccc1NC(=O)[C@H](C)OC(=O)COc1ccc(C(C)=O)cc1OC. The number of para-hydroxylation sites is 1. The van der Waals surface area contributed by atoms with Gasteiger partial charge in [0.25, 0.3) is 5.91 Å². The molecule has 0 bridgehead atoms. The number of hydrogen-bond donors (Lipinski definition) is 1. The van der Waals surface area contributed by atoms with Crippen LogP contribution in [0.5, 0.6) is 11.5 Å². The van der Waals surface area contributed by atoms with Crippen LogP contribution in [0.1, 0.15) is 56.0 Å². The average Bonchev–Trinajstić information content (AvgIpc) is 2.77. The van der Waals surface area contributed by atoms with E-state index in [0.29, 0.717) is 22.7 Å². The summed E-state index contributed by atoms with van der Waals surface area (Å²) >= 11 is 0. The fourth-order valence-electron chi connectivity index (χ4n) is 2.92. The first-order chi connectivity index (χ1) is 14.8. The van der Waals surface area contributed by atoms with Gasteiger partial charge in [-0.3, -0.25) is 9.59 Å². The lowest BCUT2D eigenvalue weighted by molar-refractivity contribution is -0.155. The minimum Gasteiger partial charge on any atom is -0.493 e. The Hall–Kier alpha value is -3.35. The second-order valence-corrected chi connectivity index (χ2v) is 7.23. The second-order valence-electron chi connectivity index (χ2n) is 7.23. The van der Waals surface area contributed by atoms with Crippen LogP contribution in [0.3, 0.4) is 0 Å². The first-order valence-corrected chi connectivity index (χ1v) is 10.2. The molecule has 2 aromatic carbocycles. The molecule has 0 spiro atoms. The van der Waals surface area contributed by atoms with Gasteiger partial charge in [-0.05, 0) is 56.0 Å². The van der Waals surface area contributed by atoms with Crippen molar-refractivity contribution in [3.63, 3.8) is 0 Å². The molecule has 0 heterocycles. The molecule has 0 unspecified atom stereocenters. The lowest BCUT2D eigenvalue weighted by atomic mass is 9.97. The normalized spacial score (nSPS) is 12.4. The van der Waals surface area contributed by atoms with E-state index in [1.165, 1.54) is 27.0 Å². The van der Waals surface area contributed by atoms with Crippen molar-refractivity contribution in [1.29, 1.82) is 0 Å². The Bertz CT molecular complexity index is 939. The van der Waals surface area contributed by atoms with E-state index < -0.39 is 24.6 Å². The van der Waals surface area contributed by atoms with E-state index >= 15 is 0 Å². The van der Waals surface area contributed by atoms with Crippen LogP contribution in [0, 0.1) is 0 Å². The predicted octanol–water partition coefficient (Wildman–Crippen LogP) is 4.36. The molecule has 0 saturated heterocycles. The molecule has 0 aliphatic rings. The Balaban J connectivity index is 1.94. The monoisotopic (exact) mass is 427 g/mol. The highest BCUT2D eigenvalue weighted by molar-refractivity contribution is 5.96. The van der Waals surface area contributed by atoms with E-state index in [1.54, 1.807) is 12.1 Å². The number of nitrogens with one attached hydrogen (secondary N) is 1. The number of Topliss-reactive ketones (excluding diaryl/α,β-unsaturated/α-hetero) is 1. The van der Waals surface area contributed by atoms with Gasteiger partial charge in [-0.25, -0.2) is 4.79 Å². The number of amides is 1. The van der Waals surface area contributed by atoms with Crippen LogP contribution in [-0.2, 0) is 14.3 Å². The predicted molar refractivity (Wildman–Crippen MR) is 118 cm³/mol. The molecule has 0 aromatic heterocycles. The summed E-state index contributed by atoms with van der Waals surface area (Å²) in [4.78, 5) is 36.1. The number of methoxy groups -OCH3 is 1. The van der Waals surface area contributed by atoms with Crippen LogP contribution in [-0.4, -0.2) is 37.5 Å². The molecule has 1 N–H and O–H groups in total. The molecular formula is C24H29NO6. The number of carbonyl (C=O) groups is 3. The molecular weight excluding hydrogens is 398 g/mol. The summed E-state index contributed by atoms with van der Waals surface area (Å²) in [6.07, 6.45) is -0.0610. The Morgan fingerprint density at radius 3 is 2.39 bits per heavy atom. The first kappa shape index (κ1) is 23.9. The van der Waals surface area contributed by atoms with E-state index in [9.17, 15) is 14.4 Å². The third-order valence-electron chi connectivity index (χ3n) is 4.96. The zero-order chi connectivity index (χ0) is 23.0. The van der Waals surface area contributed by atoms with E-state index in [4.69, 9.17) is 14.2 Å². The quantitative estimate of drug-likeness (QED) is 0.447. The van der Waals surface area contributed by atoms with Crippen LogP contribution in [0.15, 0.2) is 42.5 Å². The van der Waals surface area contributed by atoms with Gasteiger partial charge in [-0.2, -0.15) is 0 Å². The van der Waals surface area contributed by atoms with Gasteiger partial charge >= 0.3 is 5.97 Å². The van der Waals surface area contributed by atoms with Crippen LogP contribution < -0.4 is 14.8 Å². The van der Waals surface area contributed by atoms with Gasteiger partial charge in [0.1, 0.15) is 0 Å². The topological polar surface area (TPSA) is 90.9 Å². The molecule has 2 rings (SSSR count). The largest absolute Gasteiger partial charge is 0.493 e. The van der Waals surface area contributed by atoms with Crippen molar-refractivity contribution in [2.45, 2.75) is 46.1 Å². The van der Waals surface area contributed by atoms with Crippen LogP contribution >= 0.6 is 0 Å². The lowest BCUT2D eigenvalue weighted by Gasteiger charge is -2.18. The fourth-order valence-corrected chi connectivity index (χ4v) is 2.92. The molecule has 2 atom stereocenters. The van der Waals surface area contributed by atoms with Crippen molar-refractivity contribution in [1.82, 2.24) is 0 Å². The van der Waals surface area contributed by atoms with Gasteiger partial charge in [0.15, 0.2) is 30.0 Å². The summed E-state index contributed by atoms with van der Waals surface area (Å²) in [6.45, 7) is 6.71. The number of ketones is 1. The molecule has 0 fully saturated rings. The maximum absolute atomic E-state index is 12.5. The molecule has 2 aromatic rings. The fraction of sp³-hybridized carbons (Fsp3) is 0.375. The standard InChI is InChI=1S/C24H29NO6/c1-6-15(2)19-9-7-8-10-20(19)25-24(28)17(4)31-23(27)14-30-21-12-11-18(16(3)26)13-22(21)29-5/h7-13,15,17H,6,14H2,1-5H3,(H,25,28)/t15-,17-/m0/s1. The molecule has 0 saturated carbocycles. The number of carbonyl (C=O) groups excluding carboxylic acids is 3. The van der Waals surface area contributed by atoms with Crippen LogP contribution in [0.4, 0.5) is 5.69 Å².